The minimum Gasteiger partial charge on any atom is -0.369 e. The van der Waals surface area contributed by atoms with Crippen LogP contribution in [0.1, 0.15) is 31.4 Å². The fourth-order valence-corrected chi connectivity index (χ4v) is 2.16. The number of carbonyl (C=O) groups excluding carboxylic acids is 1. The molecule has 0 fully saturated rings. The molecule has 0 heterocycles. The Balaban J connectivity index is 3.03. The van der Waals surface area contributed by atoms with Gasteiger partial charge in [-0.25, -0.2) is 0 Å². The molecule has 88 valence electrons. The molecule has 1 aromatic carbocycles. The lowest BCUT2D eigenvalue weighted by atomic mass is 10.0. The van der Waals surface area contributed by atoms with Crippen molar-refractivity contribution in [3.63, 3.8) is 0 Å². The second-order valence-corrected chi connectivity index (χ2v) is 4.79. The van der Waals surface area contributed by atoms with Crippen molar-refractivity contribution in [3.8, 4) is 0 Å². The predicted octanol–water partition coefficient (Wildman–Crippen LogP) is 4.16. The monoisotopic (exact) mass is 304 g/mol. The van der Waals surface area contributed by atoms with E-state index in [4.69, 9.17) is 16.3 Å². The molecule has 0 saturated heterocycles. The molecular weight excluding hydrogens is 291 g/mol. The zero-order valence-corrected chi connectivity index (χ0v) is 11.6. The number of methoxy groups -OCH3 is 1. The summed E-state index contributed by atoms with van der Waals surface area (Å²) < 4.78 is 6.09. The van der Waals surface area contributed by atoms with E-state index in [1.807, 2.05) is 13.0 Å². The van der Waals surface area contributed by atoms with Gasteiger partial charge in [0.25, 0.3) is 0 Å². The van der Waals surface area contributed by atoms with Crippen LogP contribution >= 0.6 is 27.5 Å². The summed E-state index contributed by atoms with van der Waals surface area (Å²) in [5.74, 6) is 0.0768. The van der Waals surface area contributed by atoms with Gasteiger partial charge >= 0.3 is 0 Å². The largest absolute Gasteiger partial charge is 0.369 e. The molecule has 0 N–H and O–H groups in total. The Morgan fingerprint density at radius 2 is 2.25 bits per heavy atom. The minimum atomic E-state index is -0.534. The Kier molecular flexibility index (Phi) is 5.46. The van der Waals surface area contributed by atoms with Crippen molar-refractivity contribution < 1.29 is 9.53 Å². The molecule has 0 spiro atoms. The zero-order valence-electron chi connectivity index (χ0n) is 9.30. The van der Waals surface area contributed by atoms with Gasteiger partial charge in [-0.2, -0.15) is 0 Å². The summed E-state index contributed by atoms with van der Waals surface area (Å²) in [6.07, 6.45) is 0.793. The number of ketones is 1. The van der Waals surface area contributed by atoms with Crippen molar-refractivity contribution in [3.05, 3.63) is 33.3 Å². The van der Waals surface area contributed by atoms with Gasteiger partial charge in [0.1, 0.15) is 6.10 Å². The van der Waals surface area contributed by atoms with Gasteiger partial charge in [-0.1, -0.05) is 34.5 Å². The molecule has 1 unspecified atom stereocenters. The normalized spacial score (nSPS) is 12.5. The number of benzene rings is 1. The van der Waals surface area contributed by atoms with Crippen LogP contribution < -0.4 is 0 Å². The lowest BCUT2D eigenvalue weighted by Crippen LogP contribution is -2.14. The van der Waals surface area contributed by atoms with E-state index in [1.54, 1.807) is 12.1 Å². The molecule has 16 heavy (non-hydrogen) atoms. The molecule has 1 atom stereocenters. The van der Waals surface area contributed by atoms with Crippen molar-refractivity contribution in [2.24, 2.45) is 0 Å². The summed E-state index contributed by atoms with van der Waals surface area (Å²) >= 11 is 9.31. The van der Waals surface area contributed by atoms with Crippen LogP contribution in [0.25, 0.3) is 0 Å². The van der Waals surface area contributed by atoms with Crippen LogP contribution in [0, 0.1) is 0 Å². The van der Waals surface area contributed by atoms with Gasteiger partial charge in [0.05, 0.1) is 0 Å². The Morgan fingerprint density at radius 3 is 2.81 bits per heavy atom. The number of hydrogen-bond acceptors (Lipinski definition) is 2. The molecule has 2 nitrogen and oxygen atoms in total. The summed E-state index contributed by atoms with van der Waals surface area (Å²) in [7, 11) is 1.53. The molecule has 4 heteroatoms. The van der Waals surface area contributed by atoms with Gasteiger partial charge in [0.2, 0.25) is 0 Å². The van der Waals surface area contributed by atoms with Crippen LogP contribution in [0.15, 0.2) is 22.7 Å². The van der Waals surface area contributed by atoms with Gasteiger partial charge < -0.3 is 4.74 Å². The Morgan fingerprint density at radius 1 is 1.56 bits per heavy atom. The Labute approximate surface area is 109 Å². The molecule has 0 saturated carbocycles. The molecule has 1 rings (SSSR count). The van der Waals surface area contributed by atoms with Crippen LogP contribution in [0.3, 0.4) is 0 Å². The molecule has 0 aliphatic heterocycles. The zero-order chi connectivity index (χ0) is 12.1. The lowest BCUT2D eigenvalue weighted by Gasteiger charge is -2.16. The maximum Gasteiger partial charge on any atom is 0.166 e. The fourth-order valence-electron chi connectivity index (χ4n) is 1.52. The first-order valence-corrected chi connectivity index (χ1v) is 6.27. The second kappa shape index (κ2) is 6.38. The quantitative estimate of drug-likeness (QED) is 0.816. The first kappa shape index (κ1) is 13.7. The molecule has 0 amide bonds. The van der Waals surface area contributed by atoms with Gasteiger partial charge in [-0.15, -0.1) is 0 Å². The Hall–Kier alpha value is -0.380. The summed E-state index contributed by atoms with van der Waals surface area (Å²) in [6, 6.07) is 5.35. The van der Waals surface area contributed by atoms with E-state index >= 15 is 0 Å². The van der Waals surface area contributed by atoms with Crippen LogP contribution in [0.2, 0.25) is 5.02 Å². The summed E-state index contributed by atoms with van der Waals surface area (Å²) in [6.45, 7) is 1.97. The SMILES string of the molecule is CCCC(=O)C(OC)c1cc(Cl)ccc1Br. The maximum atomic E-state index is 11.8. The van der Waals surface area contributed by atoms with Gasteiger partial charge in [0.15, 0.2) is 5.78 Å². The molecule has 0 radical (unpaired) electrons. The average Bonchev–Trinajstić information content (AvgIpc) is 2.24. The van der Waals surface area contributed by atoms with Crippen LogP contribution in [0.5, 0.6) is 0 Å². The van der Waals surface area contributed by atoms with E-state index in [-0.39, 0.29) is 5.78 Å². The third kappa shape index (κ3) is 3.30. The summed E-state index contributed by atoms with van der Waals surface area (Å²) in [4.78, 5) is 11.8. The minimum absolute atomic E-state index is 0.0768. The second-order valence-electron chi connectivity index (χ2n) is 3.50. The van der Waals surface area contributed by atoms with Crippen molar-refractivity contribution in [1.82, 2.24) is 0 Å². The van der Waals surface area contributed by atoms with E-state index in [0.717, 1.165) is 16.5 Å². The van der Waals surface area contributed by atoms with Crippen molar-refractivity contribution in [2.75, 3.05) is 7.11 Å². The number of carbonyl (C=O) groups is 1. The molecule has 0 aliphatic carbocycles. The highest BCUT2D eigenvalue weighted by atomic mass is 79.9. The average molecular weight is 306 g/mol. The lowest BCUT2D eigenvalue weighted by molar-refractivity contribution is -0.129. The fraction of sp³-hybridized carbons (Fsp3) is 0.417. The number of halogens is 2. The third-order valence-electron chi connectivity index (χ3n) is 2.27. The van der Waals surface area contributed by atoms with E-state index < -0.39 is 6.10 Å². The highest BCUT2D eigenvalue weighted by molar-refractivity contribution is 9.10. The van der Waals surface area contributed by atoms with Gasteiger partial charge in [-0.05, 0) is 24.6 Å². The molecule has 0 aromatic heterocycles. The number of rotatable bonds is 5. The highest BCUT2D eigenvalue weighted by Crippen LogP contribution is 2.30. The standard InChI is InChI=1S/C12H14BrClO2/c1-3-4-11(15)12(16-2)9-7-8(14)5-6-10(9)13/h5-7,12H,3-4H2,1-2H3. The van der Waals surface area contributed by atoms with Crippen LogP contribution in [-0.2, 0) is 9.53 Å². The van der Waals surface area contributed by atoms with Crippen molar-refractivity contribution in [2.45, 2.75) is 25.9 Å². The topological polar surface area (TPSA) is 26.3 Å². The number of hydrogen-bond donors (Lipinski definition) is 0. The van der Waals surface area contributed by atoms with E-state index in [2.05, 4.69) is 15.9 Å². The molecule has 1 aromatic rings. The van der Waals surface area contributed by atoms with Gasteiger partial charge in [0, 0.05) is 28.6 Å². The highest BCUT2D eigenvalue weighted by Gasteiger charge is 2.21. The van der Waals surface area contributed by atoms with E-state index in [9.17, 15) is 4.79 Å². The first-order valence-electron chi connectivity index (χ1n) is 5.10. The van der Waals surface area contributed by atoms with Crippen LogP contribution in [-0.4, -0.2) is 12.9 Å². The molecular formula is C12H14BrClO2. The van der Waals surface area contributed by atoms with Gasteiger partial charge in [-0.3, -0.25) is 4.79 Å². The van der Waals surface area contributed by atoms with E-state index in [0.29, 0.717) is 11.4 Å². The number of ether oxygens (including phenoxy) is 1. The van der Waals surface area contributed by atoms with Crippen molar-refractivity contribution >= 4 is 33.3 Å². The van der Waals surface area contributed by atoms with E-state index in [1.165, 1.54) is 7.11 Å². The van der Waals surface area contributed by atoms with Crippen LogP contribution in [0.4, 0.5) is 0 Å². The predicted molar refractivity (Wildman–Crippen MR) is 68.8 cm³/mol. The smallest absolute Gasteiger partial charge is 0.166 e. The first-order chi connectivity index (χ1) is 7.60. The molecule has 0 aliphatic rings. The van der Waals surface area contributed by atoms with Crippen molar-refractivity contribution in [1.29, 1.82) is 0 Å². The summed E-state index contributed by atoms with van der Waals surface area (Å²) in [5, 5.41) is 0.601. The number of Topliss-reactive ketones (excluding diaryl/α,β-unsaturated/α-hetero) is 1. The maximum absolute atomic E-state index is 11.8. The molecule has 0 bridgehead atoms. The summed E-state index contributed by atoms with van der Waals surface area (Å²) in [5.41, 5.74) is 0.786. The third-order valence-corrected chi connectivity index (χ3v) is 3.22. The Bertz CT molecular complexity index is 379.